The van der Waals surface area contributed by atoms with Crippen molar-refractivity contribution >= 4 is 36.4 Å². The predicted octanol–water partition coefficient (Wildman–Crippen LogP) is 2.00. The number of ether oxygens (including phenoxy) is 2. The van der Waals surface area contributed by atoms with Gasteiger partial charge in [0.2, 0.25) is 0 Å². The van der Waals surface area contributed by atoms with E-state index in [1.165, 1.54) is 11.7 Å². The van der Waals surface area contributed by atoms with E-state index >= 15 is 0 Å². The average molecular weight is 285 g/mol. The summed E-state index contributed by atoms with van der Waals surface area (Å²) in [5, 5.41) is 0.742. The van der Waals surface area contributed by atoms with E-state index in [1.54, 1.807) is 45.0 Å². The molecule has 0 aliphatic heterocycles. The number of carbonyl (C=O) groups excluding carboxylic acids is 2. The standard InChI is InChI=1S/C15H16BNO4/c1-15(2,3)21-14(19)17-11-7-10(13(18)20-4)6-5-9(11)8-12(17)16/h5-8H,1-4H3. The fourth-order valence-corrected chi connectivity index (χ4v) is 1.98. The molecule has 0 unspecified atom stereocenters. The first kappa shape index (κ1) is 15.2. The van der Waals surface area contributed by atoms with Gasteiger partial charge in [-0.05, 0) is 49.9 Å². The maximum atomic E-state index is 12.3. The number of rotatable bonds is 1. The molecule has 6 heteroatoms. The molecule has 1 aromatic heterocycles. The van der Waals surface area contributed by atoms with Gasteiger partial charge in [0.1, 0.15) is 13.4 Å². The Morgan fingerprint density at radius 1 is 1.19 bits per heavy atom. The van der Waals surface area contributed by atoms with Gasteiger partial charge in [-0.3, -0.25) is 4.57 Å². The van der Waals surface area contributed by atoms with Crippen LogP contribution in [0, 0.1) is 0 Å². The SMILES string of the molecule is [B]c1cc2ccc(C(=O)OC)cc2n1C(=O)OC(C)(C)C. The van der Waals surface area contributed by atoms with Crippen LogP contribution in [0.25, 0.3) is 10.9 Å². The molecule has 0 aliphatic carbocycles. The zero-order valence-corrected chi connectivity index (χ0v) is 12.5. The molecule has 1 heterocycles. The Bertz CT molecular complexity index is 712. The molecule has 0 saturated carbocycles. The van der Waals surface area contributed by atoms with Crippen molar-refractivity contribution in [3.8, 4) is 0 Å². The topological polar surface area (TPSA) is 57.5 Å². The van der Waals surface area contributed by atoms with E-state index in [9.17, 15) is 9.59 Å². The molecule has 0 saturated heterocycles. The van der Waals surface area contributed by atoms with Crippen LogP contribution in [0.4, 0.5) is 4.79 Å². The summed E-state index contributed by atoms with van der Waals surface area (Å²) in [6.45, 7) is 5.31. The van der Waals surface area contributed by atoms with Crippen LogP contribution in [0.3, 0.4) is 0 Å². The normalized spacial score (nSPS) is 11.4. The second kappa shape index (κ2) is 5.28. The Morgan fingerprint density at radius 3 is 2.43 bits per heavy atom. The summed E-state index contributed by atoms with van der Waals surface area (Å²) < 4.78 is 11.2. The zero-order chi connectivity index (χ0) is 15.8. The first-order valence-electron chi connectivity index (χ1n) is 6.45. The van der Waals surface area contributed by atoms with Gasteiger partial charge in [0.05, 0.1) is 18.2 Å². The molecule has 0 bridgehead atoms. The average Bonchev–Trinajstić information content (AvgIpc) is 2.70. The molecule has 21 heavy (non-hydrogen) atoms. The van der Waals surface area contributed by atoms with Crippen molar-refractivity contribution in [3.05, 3.63) is 29.8 Å². The highest BCUT2D eigenvalue weighted by Gasteiger charge is 2.21. The maximum absolute atomic E-state index is 12.3. The van der Waals surface area contributed by atoms with Crippen LogP contribution in [0.2, 0.25) is 0 Å². The molecular formula is C15H16BNO4. The molecule has 0 atom stereocenters. The lowest BCUT2D eigenvalue weighted by Crippen LogP contribution is -2.32. The van der Waals surface area contributed by atoms with Crippen LogP contribution >= 0.6 is 0 Å². The summed E-state index contributed by atoms with van der Waals surface area (Å²) >= 11 is 0. The predicted molar refractivity (Wildman–Crippen MR) is 80.3 cm³/mol. The van der Waals surface area contributed by atoms with Gasteiger partial charge < -0.3 is 9.47 Å². The van der Waals surface area contributed by atoms with Crippen molar-refractivity contribution in [1.82, 2.24) is 4.57 Å². The van der Waals surface area contributed by atoms with Gasteiger partial charge in [-0.2, -0.15) is 0 Å². The van der Waals surface area contributed by atoms with Gasteiger partial charge in [0.25, 0.3) is 0 Å². The quantitative estimate of drug-likeness (QED) is 0.594. The molecule has 2 aromatic rings. The van der Waals surface area contributed by atoms with Crippen LogP contribution in [0.5, 0.6) is 0 Å². The largest absolute Gasteiger partial charge is 0.465 e. The number of aromatic nitrogens is 1. The van der Waals surface area contributed by atoms with E-state index < -0.39 is 17.7 Å². The molecule has 0 amide bonds. The smallest absolute Gasteiger partial charge is 0.418 e. The third-order valence-electron chi connectivity index (χ3n) is 2.83. The number of esters is 1. The number of carbonyl (C=O) groups is 2. The van der Waals surface area contributed by atoms with E-state index in [0.717, 1.165) is 5.39 Å². The second-order valence-corrected chi connectivity index (χ2v) is 5.65. The van der Waals surface area contributed by atoms with E-state index in [-0.39, 0.29) is 5.59 Å². The third-order valence-corrected chi connectivity index (χ3v) is 2.83. The number of hydrogen-bond acceptors (Lipinski definition) is 4. The summed E-state index contributed by atoms with van der Waals surface area (Å²) in [6.07, 6.45) is -0.586. The van der Waals surface area contributed by atoms with Gasteiger partial charge in [-0.25, -0.2) is 9.59 Å². The van der Waals surface area contributed by atoms with E-state index in [4.69, 9.17) is 12.6 Å². The molecule has 0 aliphatic rings. The number of fused-ring (bicyclic) bond motifs is 1. The summed E-state index contributed by atoms with van der Waals surface area (Å²) in [5.74, 6) is -0.479. The highest BCUT2D eigenvalue weighted by atomic mass is 16.6. The van der Waals surface area contributed by atoms with Gasteiger partial charge in [-0.1, -0.05) is 6.07 Å². The van der Waals surface area contributed by atoms with Crippen molar-refractivity contribution < 1.29 is 19.1 Å². The number of nitrogens with zero attached hydrogens (tertiary/aromatic N) is 1. The molecular weight excluding hydrogens is 269 g/mol. The molecule has 5 nitrogen and oxygen atoms in total. The Hall–Kier alpha value is -2.24. The maximum Gasteiger partial charge on any atom is 0.418 e. The summed E-state index contributed by atoms with van der Waals surface area (Å²) in [7, 11) is 7.18. The number of hydrogen-bond donors (Lipinski definition) is 0. The third kappa shape index (κ3) is 3.10. The van der Waals surface area contributed by atoms with Crippen molar-refractivity contribution in [1.29, 1.82) is 0 Å². The first-order chi connectivity index (χ1) is 9.73. The van der Waals surface area contributed by atoms with Crippen molar-refractivity contribution in [2.45, 2.75) is 26.4 Å². The van der Waals surface area contributed by atoms with Crippen LogP contribution in [0.1, 0.15) is 31.1 Å². The molecule has 2 radical (unpaired) electrons. The van der Waals surface area contributed by atoms with E-state index in [2.05, 4.69) is 4.74 Å². The highest BCUT2D eigenvalue weighted by molar-refractivity contribution is 6.34. The minimum Gasteiger partial charge on any atom is -0.465 e. The Labute approximate surface area is 124 Å². The fourth-order valence-electron chi connectivity index (χ4n) is 1.98. The highest BCUT2D eigenvalue weighted by Crippen LogP contribution is 2.19. The second-order valence-electron chi connectivity index (χ2n) is 5.65. The molecule has 2 rings (SSSR count). The molecule has 0 fully saturated rings. The fraction of sp³-hybridized carbons (Fsp3) is 0.333. The van der Waals surface area contributed by atoms with Crippen molar-refractivity contribution in [2.75, 3.05) is 7.11 Å². The lowest BCUT2D eigenvalue weighted by atomic mass is 10.1. The van der Waals surface area contributed by atoms with Crippen molar-refractivity contribution in [3.63, 3.8) is 0 Å². The zero-order valence-electron chi connectivity index (χ0n) is 12.5. The minimum absolute atomic E-state index is 0.251. The van der Waals surface area contributed by atoms with Crippen LogP contribution < -0.4 is 5.59 Å². The lowest BCUT2D eigenvalue weighted by Gasteiger charge is -2.20. The Kier molecular flexibility index (Phi) is 3.81. The molecule has 1 aromatic carbocycles. The number of methoxy groups -OCH3 is 1. The Morgan fingerprint density at radius 2 is 1.86 bits per heavy atom. The summed E-state index contributed by atoms with van der Waals surface area (Å²) in [6, 6.07) is 6.54. The Balaban J connectivity index is 2.54. The molecule has 0 N–H and O–H groups in total. The van der Waals surface area contributed by atoms with Crippen molar-refractivity contribution in [2.24, 2.45) is 0 Å². The number of benzene rings is 1. The van der Waals surface area contributed by atoms with Gasteiger partial charge in [-0.15, -0.1) is 0 Å². The van der Waals surface area contributed by atoms with Gasteiger partial charge >= 0.3 is 12.1 Å². The van der Waals surface area contributed by atoms with Gasteiger partial charge in [0, 0.05) is 0 Å². The van der Waals surface area contributed by atoms with Crippen LogP contribution in [-0.2, 0) is 9.47 Å². The van der Waals surface area contributed by atoms with E-state index in [1.807, 2.05) is 0 Å². The first-order valence-corrected chi connectivity index (χ1v) is 6.45. The lowest BCUT2D eigenvalue weighted by molar-refractivity contribution is 0.0546. The summed E-state index contributed by atoms with van der Waals surface area (Å²) in [5.41, 5.74) is 0.457. The molecule has 0 spiro atoms. The summed E-state index contributed by atoms with van der Waals surface area (Å²) in [4.78, 5) is 23.8. The van der Waals surface area contributed by atoms with Crippen LogP contribution in [-0.4, -0.2) is 37.2 Å². The monoisotopic (exact) mass is 285 g/mol. The van der Waals surface area contributed by atoms with Crippen LogP contribution in [0.15, 0.2) is 24.3 Å². The molecule has 108 valence electrons. The van der Waals surface area contributed by atoms with E-state index in [0.29, 0.717) is 11.1 Å². The minimum atomic E-state index is -0.639. The van der Waals surface area contributed by atoms with Gasteiger partial charge in [0.15, 0.2) is 0 Å².